The van der Waals surface area contributed by atoms with Crippen molar-refractivity contribution in [1.82, 2.24) is 5.16 Å². The quantitative estimate of drug-likeness (QED) is 0.739. The van der Waals surface area contributed by atoms with Gasteiger partial charge in [-0.1, -0.05) is 5.16 Å². The molecule has 0 saturated carbocycles. The molecule has 1 amide bonds. The number of nitrogens with zero attached hydrogens (tertiary/aromatic N) is 1. The molecular formula is C6H5F3N2O2. The van der Waals surface area contributed by atoms with Gasteiger partial charge >= 0.3 is 6.18 Å². The second-order valence-corrected chi connectivity index (χ2v) is 2.26. The van der Waals surface area contributed by atoms with E-state index in [0.29, 0.717) is 6.07 Å². The average molecular weight is 194 g/mol. The number of carbonyl (C=O) groups is 1. The fourth-order valence-corrected chi connectivity index (χ4v) is 0.641. The highest BCUT2D eigenvalue weighted by Gasteiger charge is 2.35. The molecule has 0 fully saturated rings. The molecule has 0 radical (unpaired) electrons. The SMILES string of the molecule is CC(=O)Nc1cc(C(F)(F)F)no1. The van der Waals surface area contributed by atoms with E-state index in [2.05, 4.69) is 9.68 Å². The first-order chi connectivity index (χ1) is 5.89. The van der Waals surface area contributed by atoms with Gasteiger partial charge in [0.2, 0.25) is 11.8 Å². The molecule has 0 saturated heterocycles. The molecule has 0 aliphatic heterocycles. The number of nitrogens with one attached hydrogen (secondary N) is 1. The minimum absolute atomic E-state index is 0.320. The number of hydrogen-bond donors (Lipinski definition) is 1. The Balaban J connectivity index is 2.81. The zero-order valence-corrected chi connectivity index (χ0v) is 6.47. The van der Waals surface area contributed by atoms with Crippen LogP contribution in [0.4, 0.5) is 19.1 Å². The third-order valence-electron chi connectivity index (χ3n) is 1.10. The predicted molar refractivity (Wildman–Crippen MR) is 35.8 cm³/mol. The van der Waals surface area contributed by atoms with Crippen molar-refractivity contribution in [1.29, 1.82) is 0 Å². The third kappa shape index (κ3) is 2.46. The average Bonchev–Trinajstić information content (AvgIpc) is 2.32. The first kappa shape index (κ1) is 9.56. The van der Waals surface area contributed by atoms with Gasteiger partial charge in [-0.15, -0.1) is 0 Å². The number of rotatable bonds is 1. The van der Waals surface area contributed by atoms with E-state index in [4.69, 9.17) is 0 Å². The Hall–Kier alpha value is -1.53. The highest BCUT2D eigenvalue weighted by molar-refractivity contribution is 5.87. The first-order valence-electron chi connectivity index (χ1n) is 3.21. The van der Waals surface area contributed by atoms with Crippen LogP contribution in [-0.2, 0) is 11.0 Å². The lowest BCUT2D eigenvalue weighted by Crippen LogP contribution is -2.06. The zero-order valence-electron chi connectivity index (χ0n) is 6.47. The molecule has 7 heteroatoms. The van der Waals surface area contributed by atoms with Gasteiger partial charge in [0.25, 0.3) is 0 Å². The van der Waals surface area contributed by atoms with E-state index in [-0.39, 0.29) is 5.88 Å². The molecular weight excluding hydrogens is 189 g/mol. The molecule has 0 bridgehead atoms. The molecule has 0 aliphatic rings. The monoisotopic (exact) mass is 194 g/mol. The van der Waals surface area contributed by atoms with Crippen LogP contribution in [0.1, 0.15) is 12.6 Å². The zero-order chi connectivity index (χ0) is 10.1. The highest BCUT2D eigenvalue weighted by Crippen LogP contribution is 2.29. The van der Waals surface area contributed by atoms with E-state index in [1.165, 1.54) is 0 Å². The fraction of sp³-hybridized carbons (Fsp3) is 0.333. The lowest BCUT2D eigenvalue weighted by molar-refractivity contribution is -0.142. The maximum absolute atomic E-state index is 11.9. The molecule has 1 heterocycles. The summed E-state index contributed by atoms with van der Waals surface area (Å²) in [5.41, 5.74) is -1.17. The van der Waals surface area contributed by atoms with Crippen molar-refractivity contribution in [2.45, 2.75) is 13.1 Å². The largest absolute Gasteiger partial charge is 0.436 e. The van der Waals surface area contributed by atoms with E-state index in [0.717, 1.165) is 6.92 Å². The summed E-state index contributed by atoms with van der Waals surface area (Å²) in [7, 11) is 0. The summed E-state index contributed by atoms with van der Waals surface area (Å²) in [6.45, 7) is 1.15. The summed E-state index contributed by atoms with van der Waals surface area (Å²) in [6, 6.07) is 0.612. The molecule has 1 N–H and O–H groups in total. The normalized spacial score (nSPS) is 11.4. The van der Waals surface area contributed by atoms with E-state index in [1.54, 1.807) is 0 Å². The van der Waals surface area contributed by atoms with Crippen molar-refractivity contribution in [2.75, 3.05) is 5.32 Å². The minimum atomic E-state index is -4.56. The van der Waals surface area contributed by atoms with Crippen LogP contribution >= 0.6 is 0 Å². The van der Waals surface area contributed by atoms with Crippen LogP contribution in [0, 0.1) is 0 Å². The third-order valence-corrected chi connectivity index (χ3v) is 1.10. The van der Waals surface area contributed by atoms with Gasteiger partial charge in [0.05, 0.1) is 0 Å². The Morgan fingerprint density at radius 2 is 2.23 bits per heavy atom. The predicted octanol–water partition coefficient (Wildman–Crippen LogP) is 1.65. The number of halogens is 3. The van der Waals surface area contributed by atoms with Crippen molar-refractivity contribution in [3.63, 3.8) is 0 Å². The maximum Gasteiger partial charge on any atom is 0.436 e. The lowest BCUT2D eigenvalue weighted by Gasteiger charge is -1.97. The van der Waals surface area contributed by atoms with Gasteiger partial charge in [-0.25, -0.2) is 0 Å². The van der Waals surface area contributed by atoms with Gasteiger partial charge < -0.3 is 4.52 Å². The summed E-state index contributed by atoms with van der Waals surface area (Å²) in [5.74, 6) is -0.843. The molecule has 0 atom stereocenters. The van der Waals surface area contributed by atoms with Crippen molar-refractivity contribution in [3.05, 3.63) is 11.8 Å². The van der Waals surface area contributed by atoms with Crippen molar-refractivity contribution < 1.29 is 22.5 Å². The van der Waals surface area contributed by atoms with Crippen molar-refractivity contribution in [2.24, 2.45) is 0 Å². The van der Waals surface area contributed by atoms with Crippen LogP contribution < -0.4 is 5.32 Å². The van der Waals surface area contributed by atoms with Crippen LogP contribution in [0.3, 0.4) is 0 Å². The Kier molecular flexibility index (Phi) is 2.26. The molecule has 1 aromatic heterocycles. The van der Waals surface area contributed by atoms with Gasteiger partial charge in [0.1, 0.15) is 0 Å². The minimum Gasteiger partial charge on any atom is -0.338 e. The smallest absolute Gasteiger partial charge is 0.338 e. The van der Waals surface area contributed by atoms with Gasteiger partial charge in [0.15, 0.2) is 5.69 Å². The molecule has 0 aliphatic carbocycles. The summed E-state index contributed by atoms with van der Waals surface area (Å²) < 4.78 is 39.9. The molecule has 0 aromatic carbocycles. The molecule has 1 aromatic rings. The fourth-order valence-electron chi connectivity index (χ4n) is 0.641. The molecule has 72 valence electrons. The van der Waals surface area contributed by atoms with Gasteiger partial charge in [-0.05, 0) is 0 Å². The topological polar surface area (TPSA) is 55.1 Å². The van der Waals surface area contributed by atoms with Gasteiger partial charge in [-0.2, -0.15) is 13.2 Å². The number of hydrogen-bond acceptors (Lipinski definition) is 3. The molecule has 1 rings (SSSR count). The number of anilines is 1. The number of carbonyl (C=O) groups excluding carboxylic acids is 1. The highest BCUT2D eigenvalue weighted by atomic mass is 19.4. The van der Waals surface area contributed by atoms with Crippen LogP contribution in [0.2, 0.25) is 0 Å². The maximum atomic E-state index is 11.9. The molecule has 0 spiro atoms. The van der Waals surface area contributed by atoms with Gasteiger partial charge in [-0.3, -0.25) is 10.1 Å². The summed E-state index contributed by atoms with van der Waals surface area (Å²) in [4.78, 5) is 10.4. The van der Waals surface area contributed by atoms with Crippen LogP contribution in [0.5, 0.6) is 0 Å². The summed E-state index contributed by atoms with van der Waals surface area (Å²) in [5, 5.41) is 4.75. The Labute approximate surface area is 70.7 Å². The molecule has 4 nitrogen and oxygen atoms in total. The number of amides is 1. The van der Waals surface area contributed by atoms with E-state index in [9.17, 15) is 18.0 Å². The Morgan fingerprint density at radius 1 is 1.62 bits per heavy atom. The van der Waals surface area contributed by atoms with E-state index < -0.39 is 17.8 Å². The standard InChI is InChI=1S/C6H5F3N2O2/c1-3(12)10-5-2-4(11-13-5)6(7,8)9/h2H,1H3,(H,10,12). The van der Waals surface area contributed by atoms with E-state index in [1.807, 2.05) is 5.32 Å². The van der Waals surface area contributed by atoms with Crippen molar-refractivity contribution in [3.8, 4) is 0 Å². The van der Waals surface area contributed by atoms with Crippen LogP contribution in [0.25, 0.3) is 0 Å². The number of alkyl halides is 3. The summed E-state index contributed by atoms with van der Waals surface area (Å²) >= 11 is 0. The Morgan fingerprint density at radius 3 is 2.62 bits per heavy atom. The second kappa shape index (κ2) is 3.08. The van der Waals surface area contributed by atoms with Crippen LogP contribution in [0.15, 0.2) is 10.6 Å². The number of aromatic nitrogens is 1. The van der Waals surface area contributed by atoms with Gasteiger partial charge in [0, 0.05) is 13.0 Å². The molecule has 13 heavy (non-hydrogen) atoms. The van der Waals surface area contributed by atoms with Crippen LogP contribution in [-0.4, -0.2) is 11.1 Å². The first-order valence-corrected chi connectivity index (χ1v) is 3.21. The Bertz CT molecular complexity index is 318. The van der Waals surface area contributed by atoms with E-state index >= 15 is 0 Å². The lowest BCUT2D eigenvalue weighted by atomic mass is 10.4. The summed E-state index contributed by atoms with van der Waals surface area (Å²) in [6.07, 6.45) is -4.56. The van der Waals surface area contributed by atoms with Crippen molar-refractivity contribution >= 4 is 11.8 Å². The second-order valence-electron chi connectivity index (χ2n) is 2.26. The molecule has 0 unspecified atom stereocenters.